The zero-order valence-corrected chi connectivity index (χ0v) is 36.7. The van der Waals surface area contributed by atoms with Crippen LogP contribution in [0.3, 0.4) is 0 Å². The quantitative estimate of drug-likeness (QED) is 0.205. The summed E-state index contributed by atoms with van der Waals surface area (Å²) < 4.78 is 19.4. The van der Waals surface area contributed by atoms with Gasteiger partial charge in [-0.1, -0.05) is 0 Å². The van der Waals surface area contributed by atoms with Gasteiger partial charge in [0.25, 0.3) is 0 Å². The van der Waals surface area contributed by atoms with Crippen LogP contribution in [0.25, 0.3) is 6.56 Å². The molecule has 0 bridgehead atoms. The predicted octanol–water partition coefficient (Wildman–Crippen LogP) is 13.3. The monoisotopic (exact) mass is 800 g/mol. The van der Waals surface area contributed by atoms with Gasteiger partial charge in [-0.15, -0.1) is 0 Å². The summed E-state index contributed by atoms with van der Waals surface area (Å²) in [5.74, 6) is 2.20. The molecule has 4 aromatic rings. The molecular formula is C52H54O2Zr. The fraction of sp³-hybridized carbons (Fsp3) is 0.308. The average molecular weight is 802 g/mol. The van der Waals surface area contributed by atoms with E-state index in [1.54, 1.807) is 0 Å². The fourth-order valence-corrected chi connectivity index (χ4v) is 20.2. The standard InChI is InChI=1S/C30H24.2C11H16O.Zr/c1-19-11-13-27-25-9-5-3-7-21(25)17-29(27)23(19)15-16-24-20(2)12-14-28-26-10-6-4-8-22(26)18-30(24)28;2*1-8-5-6-10(12)9(7-8)11(2,3)4;/h3-14,25-26H,15-16H2,1-2H3;2*5-7,12H,1-4H3;/q;;;+2/p-2. The molecule has 0 radical (unpaired) electrons. The minimum absolute atomic E-state index is 0.151. The van der Waals surface area contributed by atoms with Gasteiger partial charge >= 0.3 is 337 Å². The summed E-state index contributed by atoms with van der Waals surface area (Å²) >= 11 is -5.14. The topological polar surface area (TPSA) is 18.5 Å². The van der Waals surface area contributed by atoms with Crippen LogP contribution in [0.15, 0.2) is 120 Å². The second-order valence-electron chi connectivity index (χ2n) is 18.6. The molecule has 0 N–H and O–H groups in total. The summed E-state index contributed by atoms with van der Waals surface area (Å²) in [6.45, 7) is 22.9. The van der Waals surface area contributed by atoms with Crippen LogP contribution >= 0.6 is 0 Å². The predicted molar refractivity (Wildman–Crippen MR) is 227 cm³/mol. The molecule has 0 spiro atoms. The van der Waals surface area contributed by atoms with E-state index in [0.717, 1.165) is 24.3 Å². The molecule has 2 nitrogen and oxygen atoms in total. The summed E-state index contributed by atoms with van der Waals surface area (Å²) in [7, 11) is 0. The van der Waals surface area contributed by atoms with Gasteiger partial charge in [-0.25, -0.2) is 0 Å². The van der Waals surface area contributed by atoms with Crippen LogP contribution in [-0.2, 0) is 44.8 Å². The molecule has 0 aromatic heterocycles. The zero-order chi connectivity index (χ0) is 38.6. The maximum absolute atomic E-state index is 8.37. The van der Waals surface area contributed by atoms with Gasteiger partial charge in [0.05, 0.1) is 0 Å². The van der Waals surface area contributed by atoms with E-state index in [-0.39, 0.29) is 22.7 Å². The van der Waals surface area contributed by atoms with Gasteiger partial charge in [-0.2, -0.15) is 0 Å². The van der Waals surface area contributed by atoms with E-state index in [1.807, 2.05) is 0 Å². The van der Waals surface area contributed by atoms with Crippen LogP contribution in [0.1, 0.15) is 120 Å². The molecule has 4 aromatic carbocycles. The van der Waals surface area contributed by atoms with Gasteiger partial charge in [0.1, 0.15) is 0 Å². The Morgan fingerprint density at radius 3 is 1.35 bits per heavy atom. The van der Waals surface area contributed by atoms with Gasteiger partial charge in [0.15, 0.2) is 0 Å². The molecule has 2 atom stereocenters. The van der Waals surface area contributed by atoms with E-state index < -0.39 is 21.1 Å². The Balaban J connectivity index is 1.51. The van der Waals surface area contributed by atoms with Crippen molar-refractivity contribution in [1.82, 2.24) is 0 Å². The summed E-state index contributed by atoms with van der Waals surface area (Å²) in [4.78, 5) is 0. The molecule has 0 fully saturated rings. The Hall–Kier alpha value is -4.20. The van der Waals surface area contributed by atoms with E-state index >= 15 is 0 Å². The minimum atomic E-state index is -5.14. The molecule has 0 saturated heterocycles. The Bertz CT molecular complexity index is 2320. The Labute approximate surface area is 334 Å². The first-order valence-corrected chi connectivity index (χ1v) is 24.7. The van der Waals surface area contributed by atoms with Crippen molar-refractivity contribution in [1.29, 1.82) is 0 Å². The maximum atomic E-state index is 8.37. The van der Waals surface area contributed by atoms with Gasteiger partial charge < -0.3 is 0 Å². The molecule has 3 heteroatoms. The molecule has 2 unspecified atom stereocenters. The van der Waals surface area contributed by atoms with Crippen LogP contribution in [0.4, 0.5) is 0 Å². The van der Waals surface area contributed by atoms with Gasteiger partial charge in [-0.3, -0.25) is 0 Å². The van der Waals surface area contributed by atoms with E-state index in [2.05, 4.69) is 179 Å². The summed E-state index contributed by atoms with van der Waals surface area (Å²) in [5, 5.41) is 0. The van der Waals surface area contributed by atoms with Crippen LogP contribution < -0.4 is 5.63 Å². The van der Waals surface area contributed by atoms with E-state index in [4.69, 9.17) is 5.63 Å². The molecule has 278 valence electrons. The van der Waals surface area contributed by atoms with Crippen molar-refractivity contribution >= 4 is 6.56 Å². The third-order valence-corrected chi connectivity index (χ3v) is 21.0. The number of hydrogen-bond donors (Lipinski definition) is 0. The number of aryl methyl sites for hydroxylation is 4. The third-order valence-electron chi connectivity index (χ3n) is 12.6. The number of fused-ring (bicyclic) bond motifs is 4. The van der Waals surface area contributed by atoms with Crippen molar-refractivity contribution in [2.45, 2.75) is 105 Å². The second-order valence-corrected chi connectivity index (χ2v) is 25.1. The van der Waals surface area contributed by atoms with Crippen LogP contribution in [0, 0.1) is 27.7 Å². The van der Waals surface area contributed by atoms with Crippen LogP contribution in [0.5, 0.6) is 11.5 Å². The molecule has 0 saturated carbocycles. The number of hydrogen-bond acceptors (Lipinski definition) is 2. The van der Waals surface area contributed by atoms with Crippen molar-refractivity contribution < 1.29 is 26.8 Å². The first-order chi connectivity index (χ1) is 26.2. The first-order valence-electron chi connectivity index (χ1n) is 20.2. The third kappa shape index (κ3) is 5.74. The molecule has 1 heterocycles. The van der Waals surface area contributed by atoms with Crippen molar-refractivity contribution in [2.75, 3.05) is 0 Å². The van der Waals surface area contributed by atoms with Crippen molar-refractivity contribution in [3.05, 3.63) is 187 Å². The molecule has 1 aliphatic heterocycles. The zero-order valence-electron chi connectivity index (χ0n) is 34.3. The molecule has 9 rings (SSSR count). The Morgan fingerprint density at radius 1 is 0.527 bits per heavy atom. The van der Waals surface area contributed by atoms with Crippen LogP contribution in [-0.4, -0.2) is 0 Å². The van der Waals surface area contributed by atoms with Crippen LogP contribution in [0.2, 0.25) is 0 Å². The van der Waals surface area contributed by atoms with Gasteiger partial charge in [-0.05, 0) is 0 Å². The number of benzene rings is 4. The summed E-state index contributed by atoms with van der Waals surface area (Å²) in [6, 6.07) is 23.2. The van der Waals surface area contributed by atoms with E-state index in [1.165, 1.54) is 84.5 Å². The molecule has 4 aliphatic carbocycles. The van der Waals surface area contributed by atoms with Gasteiger partial charge in [0, 0.05) is 0 Å². The average Bonchev–Trinajstić information content (AvgIpc) is 3.67. The fourth-order valence-electron chi connectivity index (χ4n) is 9.94. The molecule has 0 amide bonds. The van der Waals surface area contributed by atoms with E-state index in [9.17, 15) is 0 Å². The normalized spacial score (nSPS) is 20.1. The number of allylic oxidation sites excluding steroid dienone is 10. The Morgan fingerprint density at radius 2 is 0.945 bits per heavy atom. The van der Waals surface area contributed by atoms with Crippen molar-refractivity contribution in [3.63, 3.8) is 0 Å². The van der Waals surface area contributed by atoms with Gasteiger partial charge in [0.2, 0.25) is 0 Å². The first kappa shape index (κ1) is 36.4. The molecular weight excluding hydrogens is 748 g/mol. The number of rotatable bonds is 4. The van der Waals surface area contributed by atoms with E-state index in [0.29, 0.717) is 0 Å². The molecule has 55 heavy (non-hydrogen) atoms. The van der Waals surface area contributed by atoms with Crippen molar-refractivity contribution in [2.24, 2.45) is 0 Å². The van der Waals surface area contributed by atoms with Crippen molar-refractivity contribution in [3.8, 4) is 11.5 Å². The molecule has 5 aliphatic rings. The summed E-state index contributed by atoms with van der Waals surface area (Å²) in [6.07, 6.45) is 20.5. The Kier molecular flexibility index (Phi) is 8.56. The summed E-state index contributed by atoms with van der Waals surface area (Å²) in [5.41, 5.74) is 18.5. The SMILES string of the molecule is Cc1ccc([O][Zr]2([O]c3ccc(C)cc3C(C)(C)C)[C]3=C4C=CC=CC4c4ccc(C)c(c43)CCc3c(C)ccc4c3[C]2=C2C=CC=CC24)c(C(C)(C)C)c1. The second kappa shape index (κ2) is 12.9.